The Morgan fingerprint density at radius 3 is 2.69 bits per heavy atom. The first-order valence-corrected chi connectivity index (χ1v) is 8.22. The fourth-order valence-electron chi connectivity index (χ4n) is 2.38. The minimum Gasteiger partial charge on any atom is -0.307 e. The molecule has 2 aromatic carbocycles. The van der Waals surface area contributed by atoms with E-state index in [9.17, 15) is 14.9 Å². The third-order valence-corrected chi connectivity index (χ3v) is 4.23. The Balaban J connectivity index is 1.83. The lowest BCUT2D eigenvalue weighted by Gasteiger charge is -2.10. The number of anilines is 1. The van der Waals surface area contributed by atoms with Crippen molar-refractivity contribution in [1.82, 2.24) is 9.78 Å². The molecule has 0 saturated heterocycles. The highest BCUT2D eigenvalue weighted by atomic mass is 35.5. The van der Waals surface area contributed by atoms with Gasteiger partial charge in [-0.05, 0) is 23.8 Å². The minimum absolute atomic E-state index is 0.0326. The van der Waals surface area contributed by atoms with Crippen LogP contribution in [0.1, 0.15) is 15.9 Å². The molecule has 7 nitrogen and oxygen atoms in total. The Morgan fingerprint density at radius 1 is 1.19 bits per heavy atom. The first-order valence-electron chi connectivity index (χ1n) is 7.46. The number of nitrogens with zero attached hydrogens (tertiary/aromatic N) is 3. The third-order valence-electron chi connectivity index (χ3n) is 3.64. The summed E-state index contributed by atoms with van der Waals surface area (Å²) >= 11 is 12.1. The zero-order valence-corrected chi connectivity index (χ0v) is 14.7. The quantitative estimate of drug-likeness (QED) is 0.516. The Morgan fingerprint density at radius 2 is 1.96 bits per heavy atom. The maximum Gasteiger partial charge on any atom is 0.282 e. The number of para-hydroxylation sites is 1. The van der Waals surface area contributed by atoms with E-state index in [1.165, 1.54) is 29.1 Å². The lowest BCUT2D eigenvalue weighted by Crippen LogP contribution is -2.17. The summed E-state index contributed by atoms with van der Waals surface area (Å²) in [6.45, 7) is 0.301. The van der Waals surface area contributed by atoms with Gasteiger partial charge in [-0.15, -0.1) is 0 Å². The van der Waals surface area contributed by atoms with E-state index in [0.29, 0.717) is 22.4 Å². The predicted octanol–water partition coefficient (Wildman–Crippen LogP) is 4.40. The Labute approximate surface area is 158 Å². The second-order valence-electron chi connectivity index (χ2n) is 5.34. The highest BCUT2D eigenvalue weighted by Crippen LogP contribution is 2.23. The number of hydrogen-bond acceptors (Lipinski definition) is 4. The zero-order valence-electron chi connectivity index (χ0n) is 13.2. The normalized spacial score (nSPS) is 10.5. The first-order chi connectivity index (χ1) is 12.5. The first kappa shape index (κ1) is 17.9. The molecule has 1 amide bonds. The van der Waals surface area contributed by atoms with E-state index in [0.717, 1.165) is 5.56 Å². The van der Waals surface area contributed by atoms with Crippen LogP contribution in [0.3, 0.4) is 0 Å². The monoisotopic (exact) mass is 390 g/mol. The van der Waals surface area contributed by atoms with E-state index in [2.05, 4.69) is 10.4 Å². The standard InChI is InChI=1S/C17H12Cl2N4O3/c18-12-6-5-11(14(19)9-12)10-22-16(7-8-20-22)21-17(24)13-3-1-2-4-15(13)23(25)26/h1-9H,10H2,(H,21,24). The molecule has 9 heteroatoms. The van der Waals surface area contributed by atoms with Crippen LogP contribution in [0.2, 0.25) is 10.0 Å². The van der Waals surface area contributed by atoms with Crippen LogP contribution in [0.4, 0.5) is 11.5 Å². The summed E-state index contributed by atoms with van der Waals surface area (Å²) < 4.78 is 1.53. The van der Waals surface area contributed by atoms with Gasteiger partial charge < -0.3 is 5.32 Å². The number of benzene rings is 2. The maximum atomic E-state index is 12.5. The number of carbonyl (C=O) groups excluding carboxylic acids is 1. The van der Waals surface area contributed by atoms with Crippen molar-refractivity contribution in [2.24, 2.45) is 0 Å². The summed E-state index contributed by atoms with van der Waals surface area (Å²) in [6.07, 6.45) is 1.51. The molecule has 0 unspecified atom stereocenters. The van der Waals surface area contributed by atoms with E-state index in [4.69, 9.17) is 23.2 Å². The molecule has 3 rings (SSSR count). The van der Waals surface area contributed by atoms with Gasteiger partial charge in [0.2, 0.25) is 0 Å². The van der Waals surface area contributed by atoms with Gasteiger partial charge in [-0.2, -0.15) is 5.10 Å². The van der Waals surface area contributed by atoms with Crippen LogP contribution in [-0.4, -0.2) is 20.6 Å². The summed E-state index contributed by atoms with van der Waals surface area (Å²) in [7, 11) is 0. The van der Waals surface area contributed by atoms with Gasteiger partial charge in [0.25, 0.3) is 11.6 Å². The minimum atomic E-state index is -0.598. The summed E-state index contributed by atoms with van der Waals surface area (Å²) in [6, 6.07) is 12.4. The molecular formula is C17H12Cl2N4O3. The molecule has 1 aromatic heterocycles. The molecule has 0 fully saturated rings. The van der Waals surface area contributed by atoms with E-state index in [1.807, 2.05) is 0 Å². The van der Waals surface area contributed by atoms with Crippen LogP contribution < -0.4 is 5.32 Å². The Bertz CT molecular complexity index is 988. The molecule has 0 aliphatic carbocycles. The molecule has 0 radical (unpaired) electrons. The van der Waals surface area contributed by atoms with Gasteiger partial charge >= 0.3 is 0 Å². The molecule has 0 aliphatic rings. The number of hydrogen-bond donors (Lipinski definition) is 1. The summed E-state index contributed by atoms with van der Waals surface area (Å²) in [5.74, 6) is -0.208. The zero-order chi connectivity index (χ0) is 18.7. The number of nitro groups is 1. The van der Waals surface area contributed by atoms with E-state index in [-0.39, 0.29) is 11.3 Å². The van der Waals surface area contributed by atoms with Gasteiger partial charge in [0.15, 0.2) is 0 Å². The van der Waals surface area contributed by atoms with Gasteiger partial charge in [0, 0.05) is 22.2 Å². The number of rotatable bonds is 5. The van der Waals surface area contributed by atoms with Crippen LogP contribution in [0.5, 0.6) is 0 Å². The lowest BCUT2D eigenvalue weighted by atomic mass is 10.1. The second kappa shape index (κ2) is 7.55. The highest BCUT2D eigenvalue weighted by Gasteiger charge is 2.20. The topological polar surface area (TPSA) is 90.1 Å². The second-order valence-corrected chi connectivity index (χ2v) is 6.18. The maximum absolute atomic E-state index is 12.5. The highest BCUT2D eigenvalue weighted by molar-refractivity contribution is 6.35. The molecule has 0 bridgehead atoms. The van der Waals surface area contributed by atoms with Gasteiger partial charge in [-0.3, -0.25) is 14.9 Å². The molecule has 0 aliphatic heterocycles. The van der Waals surface area contributed by atoms with Crippen LogP contribution in [0.15, 0.2) is 54.7 Å². The van der Waals surface area contributed by atoms with Crippen LogP contribution in [0.25, 0.3) is 0 Å². The number of nitro benzene ring substituents is 1. The van der Waals surface area contributed by atoms with E-state index >= 15 is 0 Å². The van der Waals surface area contributed by atoms with Gasteiger partial charge in [0.1, 0.15) is 11.4 Å². The molecular weight excluding hydrogens is 379 g/mol. The van der Waals surface area contributed by atoms with Crippen molar-refractivity contribution in [3.8, 4) is 0 Å². The van der Waals surface area contributed by atoms with Crippen molar-refractivity contribution >= 4 is 40.6 Å². The van der Waals surface area contributed by atoms with Crippen LogP contribution in [-0.2, 0) is 6.54 Å². The number of nitrogens with one attached hydrogen (secondary N) is 1. The van der Waals surface area contributed by atoms with E-state index < -0.39 is 10.8 Å². The fraction of sp³-hybridized carbons (Fsp3) is 0.0588. The lowest BCUT2D eigenvalue weighted by molar-refractivity contribution is -0.385. The van der Waals surface area contributed by atoms with Crippen LogP contribution in [0, 0.1) is 10.1 Å². The average molecular weight is 391 g/mol. The molecule has 26 heavy (non-hydrogen) atoms. The largest absolute Gasteiger partial charge is 0.307 e. The van der Waals surface area contributed by atoms with Crippen molar-refractivity contribution < 1.29 is 9.72 Å². The summed E-state index contributed by atoms with van der Waals surface area (Å²) in [5, 5.41) is 18.9. The van der Waals surface area contributed by atoms with Crippen molar-refractivity contribution in [3.05, 3.63) is 86.0 Å². The van der Waals surface area contributed by atoms with Crippen LogP contribution >= 0.6 is 23.2 Å². The SMILES string of the molecule is O=C(Nc1ccnn1Cc1ccc(Cl)cc1Cl)c1ccccc1[N+](=O)[O-]. The molecule has 0 saturated carbocycles. The van der Waals surface area contributed by atoms with Crippen molar-refractivity contribution in [3.63, 3.8) is 0 Å². The van der Waals surface area contributed by atoms with Crippen molar-refractivity contribution in [2.45, 2.75) is 6.54 Å². The predicted molar refractivity (Wildman–Crippen MR) is 98.8 cm³/mol. The Hall–Kier alpha value is -2.90. The van der Waals surface area contributed by atoms with Gasteiger partial charge in [0.05, 0.1) is 17.7 Å². The van der Waals surface area contributed by atoms with E-state index in [1.54, 1.807) is 30.3 Å². The number of halogens is 2. The Kier molecular flexibility index (Phi) is 5.20. The van der Waals surface area contributed by atoms with Crippen molar-refractivity contribution in [2.75, 3.05) is 5.32 Å². The number of amides is 1. The average Bonchev–Trinajstić information content (AvgIpc) is 3.04. The fourth-order valence-corrected chi connectivity index (χ4v) is 2.85. The molecule has 1 N–H and O–H groups in total. The molecule has 132 valence electrons. The molecule has 3 aromatic rings. The molecule has 1 heterocycles. The number of aromatic nitrogens is 2. The van der Waals surface area contributed by atoms with Gasteiger partial charge in [-0.25, -0.2) is 4.68 Å². The smallest absolute Gasteiger partial charge is 0.282 e. The summed E-state index contributed by atoms with van der Waals surface area (Å²) in [4.78, 5) is 22.9. The molecule has 0 spiro atoms. The van der Waals surface area contributed by atoms with Gasteiger partial charge in [-0.1, -0.05) is 41.4 Å². The van der Waals surface area contributed by atoms with Crippen molar-refractivity contribution in [1.29, 1.82) is 0 Å². The summed E-state index contributed by atoms with van der Waals surface area (Å²) in [5.41, 5.74) is 0.465. The molecule has 0 atom stereocenters. The third kappa shape index (κ3) is 3.84. The number of carbonyl (C=O) groups is 1.